The minimum atomic E-state index is -3.78. The Balaban J connectivity index is 2.98. The van der Waals surface area contributed by atoms with E-state index in [0.717, 1.165) is 10.7 Å². The Morgan fingerprint density at radius 3 is 2.62 bits per heavy atom. The molecule has 1 atom stereocenters. The van der Waals surface area contributed by atoms with Gasteiger partial charge in [-0.05, 0) is 25.2 Å². The molecule has 0 aromatic heterocycles. The third kappa shape index (κ3) is 4.91. The van der Waals surface area contributed by atoms with Crippen LogP contribution in [0.15, 0.2) is 0 Å². The van der Waals surface area contributed by atoms with Gasteiger partial charge in [-0.25, -0.2) is 0 Å². The highest BCUT2D eigenvalue weighted by Gasteiger charge is 2.39. The number of carboxylic acids is 1. The van der Waals surface area contributed by atoms with Gasteiger partial charge in [0.15, 0.2) is 0 Å². The van der Waals surface area contributed by atoms with Gasteiger partial charge in [0.05, 0.1) is 6.61 Å². The second kappa shape index (κ2) is 8.07. The minimum absolute atomic E-state index is 0.157. The van der Waals surface area contributed by atoms with Crippen molar-refractivity contribution < 1.29 is 23.1 Å². The number of rotatable bonds is 8. The molecule has 0 aromatic carbocycles. The summed E-state index contributed by atoms with van der Waals surface area (Å²) in [6, 6.07) is -0.957. The maximum atomic E-state index is 12.8. The van der Waals surface area contributed by atoms with Gasteiger partial charge in [0.1, 0.15) is 6.04 Å². The number of ether oxygens (including phenoxy) is 1. The highest BCUT2D eigenvalue weighted by molar-refractivity contribution is 7.86. The fraction of sp³-hybridized carbons (Fsp3) is 0.923. The summed E-state index contributed by atoms with van der Waals surface area (Å²) in [4.78, 5) is 11.3. The van der Waals surface area contributed by atoms with E-state index < -0.39 is 22.2 Å². The smallest absolute Gasteiger partial charge is 0.322 e. The van der Waals surface area contributed by atoms with Gasteiger partial charge in [-0.2, -0.15) is 17.0 Å². The van der Waals surface area contributed by atoms with E-state index in [4.69, 9.17) is 4.74 Å². The molecule has 0 bridgehead atoms. The Kier molecular flexibility index (Phi) is 7.05. The molecule has 0 aliphatic carbocycles. The van der Waals surface area contributed by atoms with Gasteiger partial charge in [-0.15, -0.1) is 0 Å². The van der Waals surface area contributed by atoms with Crippen LogP contribution in [0.25, 0.3) is 0 Å². The van der Waals surface area contributed by atoms with Gasteiger partial charge in [0, 0.05) is 26.7 Å². The summed E-state index contributed by atoms with van der Waals surface area (Å²) in [5.74, 6) is -0.917. The molecule has 1 aliphatic rings. The molecule has 1 N–H and O–H groups in total. The SMILES string of the molecule is COCCN(CC(C)C)S(=O)(=O)N1CCCCC1C(=O)O. The van der Waals surface area contributed by atoms with Gasteiger partial charge in [0.2, 0.25) is 0 Å². The van der Waals surface area contributed by atoms with E-state index >= 15 is 0 Å². The molecule has 8 heteroatoms. The molecule has 124 valence electrons. The maximum Gasteiger partial charge on any atom is 0.322 e. The zero-order valence-corrected chi connectivity index (χ0v) is 13.8. The van der Waals surface area contributed by atoms with Crippen LogP contribution < -0.4 is 0 Å². The fourth-order valence-corrected chi connectivity index (χ4v) is 4.44. The lowest BCUT2D eigenvalue weighted by Crippen LogP contribution is -2.54. The second-order valence-electron chi connectivity index (χ2n) is 5.71. The molecule has 1 saturated heterocycles. The number of nitrogens with zero attached hydrogens (tertiary/aromatic N) is 2. The third-order valence-corrected chi connectivity index (χ3v) is 5.49. The number of carbonyl (C=O) groups is 1. The van der Waals surface area contributed by atoms with Crippen LogP contribution in [0, 0.1) is 5.92 Å². The van der Waals surface area contributed by atoms with Gasteiger partial charge >= 0.3 is 5.97 Å². The predicted octanol–water partition coefficient (Wildman–Crippen LogP) is 0.775. The van der Waals surface area contributed by atoms with E-state index in [-0.39, 0.29) is 25.6 Å². The summed E-state index contributed by atoms with van der Waals surface area (Å²) < 4.78 is 33.0. The van der Waals surface area contributed by atoms with E-state index in [1.165, 1.54) is 11.4 Å². The highest BCUT2D eigenvalue weighted by atomic mass is 32.2. The Hall–Kier alpha value is -0.700. The summed E-state index contributed by atoms with van der Waals surface area (Å²) in [5, 5.41) is 9.26. The van der Waals surface area contributed by atoms with E-state index in [2.05, 4.69) is 0 Å². The van der Waals surface area contributed by atoms with Crippen molar-refractivity contribution in [2.45, 2.75) is 39.2 Å². The number of carboxylic acid groups (broad SMARTS) is 1. The lowest BCUT2D eigenvalue weighted by Gasteiger charge is -2.36. The van der Waals surface area contributed by atoms with Crippen molar-refractivity contribution in [3.05, 3.63) is 0 Å². The monoisotopic (exact) mass is 322 g/mol. The van der Waals surface area contributed by atoms with Crippen LogP contribution in [0.3, 0.4) is 0 Å². The lowest BCUT2D eigenvalue weighted by atomic mass is 10.1. The van der Waals surface area contributed by atoms with E-state index in [0.29, 0.717) is 19.4 Å². The van der Waals surface area contributed by atoms with Crippen molar-refractivity contribution in [2.24, 2.45) is 5.92 Å². The minimum Gasteiger partial charge on any atom is -0.480 e. The lowest BCUT2D eigenvalue weighted by molar-refractivity contribution is -0.142. The van der Waals surface area contributed by atoms with Crippen molar-refractivity contribution in [1.82, 2.24) is 8.61 Å². The average molecular weight is 322 g/mol. The molecule has 7 nitrogen and oxygen atoms in total. The standard InChI is InChI=1S/C13H26N2O5S/c1-11(2)10-14(8-9-20-3)21(18,19)15-7-5-4-6-12(15)13(16)17/h11-12H,4-10H2,1-3H3,(H,16,17). The van der Waals surface area contributed by atoms with Crippen LogP contribution >= 0.6 is 0 Å². The number of aliphatic carboxylic acids is 1. The summed E-state index contributed by atoms with van der Waals surface area (Å²) in [5.41, 5.74) is 0. The molecular weight excluding hydrogens is 296 g/mol. The van der Waals surface area contributed by atoms with Gasteiger partial charge < -0.3 is 9.84 Å². The molecule has 21 heavy (non-hydrogen) atoms. The number of hydrogen-bond acceptors (Lipinski definition) is 4. The number of methoxy groups -OCH3 is 1. The topological polar surface area (TPSA) is 87.2 Å². The molecule has 0 amide bonds. The van der Waals surface area contributed by atoms with Crippen molar-refractivity contribution in [2.75, 3.05) is 33.4 Å². The molecule has 1 aliphatic heterocycles. The van der Waals surface area contributed by atoms with E-state index in [1.54, 1.807) is 0 Å². The van der Waals surface area contributed by atoms with Gasteiger partial charge in [0.25, 0.3) is 10.2 Å². The third-order valence-electron chi connectivity index (χ3n) is 3.47. The van der Waals surface area contributed by atoms with Crippen LogP contribution in [0.2, 0.25) is 0 Å². The van der Waals surface area contributed by atoms with Crippen molar-refractivity contribution in [3.63, 3.8) is 0 Å². The van der Waals surface area contributed by atoms with E-state index in [1.807, 2.05) is 13.8 Å². The number of hydrogen-bond donors (Lipinski definition) is 1. The van der Waals surface area contributed by atoms with Crippen LogP contribution in [0.5, 0.6) is 0 Å². The first-order chi connectivity index (χ1) is 9.80. The Morgan fingerprint density at radius 1 is 1.43 bits per heavy atom. The zero-order chi connectivity index (χ0) is 16.0. The first kappa shape index (κ1) is 18.3. The van der Waals surface area contributed by atoms with Crippen molar-refractivity contribution >= 4 is 16.2 Å². The molecule has 0 spiro atoms. The van der Waals surface area contributed by atoms with E-state index in [9.17, 15) is 18.3 Å². The normalized spacial score (nSPS) is 21.1. The van der Waals surface area contributed by atoms with Crippen LogP contribution in [0.4, 0.5) is 0 Å². The molecule has 1 rings (SSSR count). The average Bonchev–Trinajstić information content (AvgIpc) is 2.42. The zero-order valence-electron chi connectivity index (χ0n) is 13.0. The summed E-state index contributed by atoms with van der Waals surface area (Å²) in [7, 11) is -2.26. The van der Waals surface area contributed by atoms with Crippen LogP contribution in [0.1, 0.15) is 33.1 Å². The first-order valence-electron chi connectivity index (χ1n) is 7.29. The molecule has 1 heterocycles. The summed E-state index contributed by atoms with van der Waals surface area (Å²) in [6.45, 7) is 5.01. The van der Waals surface area contributed by atoms with Crippen molar-refractivity contribution in [1.29, 1.82) is 0 Å². The molecule has 0 radical (unpaired) electrons. The summed E-state index contributed by atoms with van der Waals surface area (Å²) in [6.07, 6.45) is 1.81. The Morgan fingerprint density at radius 2 is 2.10 bits per heavy atom. The van der Waals surface area contributed by atoms with Gasteiger partial charge in [-0.3, -0.25) is 4.79 Å². The fourth-order valence-electron chi connectivity index (χ4n) is 2.48. The Labute approximate surface area is 127 Å². The Bertz CT molecular complexity index is 438. The van der Waals surface area contributed by atoms with Crippen LogP contribution in [-0.2, 0) is 19.7 Å². The summed E-state index contributed by atoms with van der Waals surface area (Å²) >= 11 is 0. The molecule has 0 aromatic rings. The molecule has 0 saturated carbocycles. The molecule has 1 unspecified atom stereocenters. The van der Waals surface area contributed by atoms with Crippen LogP contribution in [-0.4, -0.2) is 67.5 Å². The first-order valence-corrected chi connectivity index (χ1v) is 8.69. The quantitative estimate of drug-likeness (QED) is 0.713. The largest absolute Gasteiger partial charge is 0.480 e. The van der Waals surface area contributed by atoms with Crippen molar-refractivity contribution in [3.8, 4) is 0 Å². The van der Waals surface area contributed by atoms with Gasteiger partial charge in [-0.1, -0.05) is 13.8 Å². The molecular formula is C13H26N2O5S. The maximum absolute atomic E-state index is 12.8. The second-order valence-corrected chi connectivity index (χ2v) is 7.59. The predicted molar refractivity (Wildman–Crippen MR) is 79.2 cm³/mol. The number of piperidine rings is 1. The highest BCUT2D eigenvalue weighted by Crippen LogP contribution is 2.23. The molecule has 1 fully saturated rings.